The Morgan fingerprint density at radius 3 is 2.69 bits per heavy atom. The molecular formula is C23H17ClN2O3. The Hall–Kier alpha value is -3.57. The van der Waals surface area contributed by atoms with Crippen LogP contribution in [0.1, 0.15) is 5.56 Å². The molecule has 144 valence electrons. The predicted molar refractivity (Wildman–Crippen MR) is 115 cm³/mol. The first kappa shape index (κ1) is 18.8. The highest BCUT2D eigenvalue weighted by Crippen LogP contribution is 2.31. The Kier molecular flexibility index (Phi) is 5.31. The van der Waals surface area contributed by atoms with Crippen LogP contribution < -0.4 is 10.1 Å². The van der Waals surface area contributed by atoms with Gasteiger partial charge in [0.15, 0.2) is 5.58 Å². The van der Waals surface area contributed by atoms with E-state index >= 15 is 0 Å². The molecule has 0 bridgehead atoms. The lowest BCUT2D eigenvalue weighted by molar-refractivity contribution is -0.111. The third-order valence-electron chi connectivity index (χ3n) is 4.31. The maximum absolute atomic E-state index is 12.4. The lowest BCUT2D eigenvalue weighted by Gasteiger charge is -2.06. The third-order valence-corrected chi connectivity index (χ3v) is 4.54. The normalized spacial score (nSPS) is 11.1. The van der Waals surface area contributed by atoms with Gasteiger partial charge >= 0.3 is 0 Å². The van der Waals surface area contributed by atoms with Gasteiger partial charge in [-0.1, -0.05) is 35.9 Å². The number of carbonyl (C=O) groups excluding carboxylic acids is 1. The molecule has 0 aliphatic heterocycles. The summed E-state index contributed by atoms with van der Waals surface area (Å²) in [6, 6.07) is 20.0. The molecular weight excluding hydrogens is 388 g/mol. The molecule has 6 heteroatoms. The van der Waals surface area contributed by atoms with E-state index in [2.05, 4.69) is 10.3 Å². The van der Waals surface area contributed by atoms with Crippen LogP contribution in [0.4, 0.5) is 5.69 Å². The molecule has 0 spiro atoms. The highest BCUT2D eigenvalue weighted by molar-refractivity contribution is 6.31. The predicted octanol–water partition coefficient (Wildman–Crippen LogP) is 5.81. The number of ether oxygens (including phenoxy) is 1. The van der Waals surface area contributed by atoms with Crippen molar-refractivity contribution in [2.24, 2.45) is 0 Å². The fraction of sp³-hybridized carbons (Fsp3) is 0.0435. The van der Waals surface area contributed by atoms with Gasteiger partial charge in [-0.15, -0.1) is 0 Å². The van der Waals surface area contributed by atoms with Crippen molar-refractivity contribution in [1.29, 1.82) is 0 Å². The van der Waals surface area contributed by atoms with E-state index in [1.165, 1.54) is 6.08 Å². The summed E-state index contributed by atoms with van der Waals surface area (Å²) in [7, 11) is 1.61. The number of nitrogens with one attached hydrogen (secondary N) is 1. The van der Waals surface area contributed by atoms with Crippen LogP contribution in [0.15, 0.2) is 77.2 Å². The van der Waals surface area contributed by atoms with E-state index in [9.17, 15) is 4.79 Å². The number of methoxy groups -OCH3 is 1. The van der Waals surface area contributed by atoms with Gasteiger partial charge in [0.2, 0.25) is 11.8 Å². The second kappa shape index (κ2) is 8.20. The van der Waals surface area contributed by atoms with E-state index in [1.807, 2.05) is 42.5 Å². The molecule has 1 amide bonds. The van der Waals surface area contributed by atoms with Crippen LogP contribution in [-0.2, 0) is 4.79 Å². The molecule has 0 aliphatic carbocycles. The largest absolute Gasteiger partial charge is 0.497 e. The molecule has 0 atom stereocenters. The lowest BCUT2D eigenvalue weighted by atomic mass is 10.1. The van der Waals surface area contributed by atoms with Crippen LogP contribution in [0.5, 0.6) is 5.75 Å². The average molecular weight is 405 g/mol. The number of anilines is 1. The molecule has 0 saturated carbocycles. The monoisotopic (exact) mass is 404 g/mol. The smallest absolute Gasteiger partial charge is 0.248 e. The molecule has 29 heavy (non-hydrogen) atoms. The number of hydrogen-bond acceptors (Lipinski definition) is 4. The van der Waals surface area contributed by atoms with Gasteiger partial charge in [-0.3, -0.25) is 4.79 Å². The molecule has 1 aromatic heterocycles. The average Bonchev–Trinajstić information content (AvgIpc) is 3.16. The summed E-state index contributed by atoms with van der Waals surface area (Å²) in [5, 5.41) is 3.47. The van der Waals surface area contributed by atoms with Gasteiger partial charge in [0, 0.05) is 11.1 Å². The summed E-state index contributed by atoms with van der Waals surface area (Å²) in [5.74, 6) is 0.921. The topological polar surface area (TPSA) is 64.4 Å². The van der Waals surface area contributed by atoms with Crippen molar-refractivity contribution < 1.29 is 13.9 Å². The van der Waals surface area contributed by atoms with Crippen molar-refractivity contribution in [3.8, 4) is 17.2 Å². The quantitative estimate of drug-likeness (QED) is 0.426. The van der Waals surface area contributed by atoms with Gasteiger partial charge in [0.25, 0.3) is 0 Å². The summed E-state index contributed by atoms with van der Waals surface area (Å²) in [6.07, 6.45) is 3.21. The number of aromatic nitrogens is 1. The van der Waals surface area contributed by atoms with Crippen molar-refractivity contribution >= 4 is 40.4 Å². The molecule has 0 fully saturated rings. The molecule has 0 saturated heterocycles. The standard InChI is InChI=1S/C23H17ClN2O3/c1-28-17-10-6-15(7-11-17)8-13-22(27)25-19-5-3-2-4-18(19)23-26-20-14-16(24)9-12-21(20)29-23/h2-14H,1H3,(H,25,27). The first-order valence-corrected chi connectivity index (χ1v) is 9.29. The van der Waals surface area contributed by atoms with Gasteiger partial charge in [-0.05, 0) is 54.1 Å². The molecule has 3 aromatic carbocycles. The van der Waals surface area contributed by atoms with Crippen LogP contribution in [0, 0.1) is 0 Å². The van der Waals surface area contributed by atoms with Crippen molar-refractivity contribution in [2.75, 3.05) is 12.4 Å². The van der Waals surface area contributed by atoms with E-state index in [0.29, 0.717) is 33.3 Å². The number of rotatable bonds is 5. The van der Waals surface area contributed by atoms with Gasteiger partial charge in [0.05, 0.1) is 18.4 Å². The molecule has 0 aliphatic rings. The van der Waals surface area contributed by atoms with E-state index in [4.69, 9.17) is 20.8 Å². The van der Waals surface area contributed by atoms with Gasteiger partial charge in [-0.25, -0.2) is 4.98 Å². The second-order valence-electron chi connectivity index (χ2n) is 6.27. The molecule has 0 unspecified atom stereocenters. The first-order valence-electron chi connectivity index (χ1n) is 8.91. The minimum atomic E-state index is -0.257. The van der Waals surface area contributed by atoms with E-state index in [-0.39, 0.29) is 5.91 Å². The van der Waals surface area contributed by atoms with Crippen LogP contribution >= 0.6 is 11.6 Å². The number of benzene rings is 3. The maximum Gasteiger partial charge on any atom is 0.248 e. The zero-order valence-corrected chi connectivity index (χ0v) is 16.3. The van der Waals surface area contributed by atoms with Gasteiger partial charge in [-0.2, -0.15) is 0 Å². The van der Waals surface area contributed by atoms with Gasteiger partial charge in [0.1, 0.15) is 11.3 Å². The Labute approximate surface area is 172 Å². The molecule has 4 aromatic rings. The minimum Gasteiger partial charge on any atom is -0.497 e. The summed E-state index contributed by atoms with van der Waals surface area (Å²) in [4.78, 5) is 16.9. The molecule has 5 nitrogen and oxygen atoms in total. The van der Waals surface area contributed by atoms with Crippen molar-refractivity contribution in [1.82, 2.24) is 4.98 Å². The van der Waals surface area contributed by atoms with E-state index < -0.39 is 0 Å². The highest BCUT2D eigenvalue weighted by atomic mass is 35.5. The number of amides is 1. The Morgan fingerprint density at radius 2 is 1.90 bits per heavy atom. The Bertz CT molecular complexity index is 1200. The maximum atomic E-state index is 12.4. The molecule has 0 radical (unpaired) electrons. The number of nitrogens with zero attached hydrogens (tertiary/aromatic N) is 1. The summed E-state index contributed by atoms with van der Waals surface area (Å²) in [5.41, 5.74) is 3.48. The summed E-state index contributed by atoms with van der Waals surface area (Å²) in [6.45, 7) is 0. The second-order valence-corrected chi connectivity index (χ2v) is 6.71. The van der Waals surface area contributed by atoms with Crippen LogP contribution in [0.2, 0.25) is 5.02 Å². The summed E-state index contributed by atoms with van der Waals surface area (Å²) >= 11 is 6.02. The number of para-hydroxylation sites is 1. The molecule has 4 rings (SSSR count). The number of halogens is 1. The third kappa shape index (κ3) is 4.31. The van der Waals surface area contributed by atoms with Gasteiger partial charge < -0.3 is 14.5 Å². The molecule has 1 N–H and O–H groups in total. The van der Waals surface area contributed by atoms with Crippen molar-refractivity contribution in [3.63, 3.8) is 0 Å². The zero-order chi connectivity index (χ0) is 20.2. The molecule has 1 heterocycles. The number of fused-ring (bicyclic) bond motifs is 1. The minimum absolute atomic E-state index is 0.257. The fourth-order valence-corrected chi connectivity index (χ4v) is 3.02. The summed E-state index contributed by atoms with van der Waals surface area (Å²) < 4.78 is 11.0. The Balaban J connectivity index is 1.55. The number of carbonyl (C=O) groups is 1. The van der Waals surface area contributed by atoms with E-state index in [0.717, 1.165) is 11.3 Å². The number of hydrogen-bond donors (Lipinski definition) is 1. The first-order chi connectivity index (χ1) is 14.1. The zero-order valence-electron chi connectivity index (χ0n) is 15.6. The van der Waals surface area contributed by atoms with E-state index in [1.54, 1.807) is 37.5 Å². The van der Waals surface area contributed by atoms with Crippen LogP contribution in [0.25, 0.3) is 28.6 Å². The SMILES string of the molecule is COc1ccc(C=CC(=O)Nc2ccccc2-c2nc3cc(Cl)ccc3o2)cc1. The van der Waals surface area contributed by atoms with Crippen molar-refractivity contribution in [3.05, 3.63) is 83.4 Å². The van der Waals surface area contributed by atoms with Crippen LogP contribution in [0.3, 0.4) is 0 Å². The van der Waals surface area contributed by atoms with Crippen LogP contribution in [-0.4, -0.2) is 18.0 Å². The highest BCUT2D eigenvalue weighted by Gasteiger charge is 2.13. The lowest BCUT2D eigenvalue weighted by Crippen LogP contribution is -2.08. The number of oxazole rings is 1. The fourth-order valence-electron chi connectivity index (χ4n) is 2.86. The Morgan fingerprint density at radius 1 is 1.10 bits per heavy atom. The van der Waals surface area contributed by atoms with Crippen molar-refractivity contribution in [2.45, 2.75) is 0 Å².